The van der Waals surface area contributed by atoms with Crippen LogP contribution in [0.2, 0.25) is 0 Å². The van der Waals surface area contributed by atoms with Gasteiger partial charge in [-0.1, -0.05) is 27.7 Å². The van der Waals surface area contributed by atoms with Crippen LogP contribution >= 0.6 is 0 Å². The van der Waals surface area contributed by atoms with E-state index in [-0.39, 0.29) is 11.3 Å². The molecule has 1 saturated heterocycles. The number of guanidine groups is 1. The van der Waals surface area contributed by atoms with Crippen LogP contribution in [0.25, 0.3) is 0 Å². The van der Waals surface area contributed by atoms with E-state index in [4.69, 9.17) is 4.42 Å². The van der Waals surface area contributed by atoms with E-state index in [1.165, 1.54) is 6.42 Å². The van der Waals surface area contributed by atoms with E-state index >= 15 is 0 Å². The molecule has 2 heterocycles. The Morgan fingerprint density at radius 2 is 2.19 bits per heavy atom. The lowest BCUT2D eigenvalue weighted by Crippen LogP contribution is -2.42. The number of nitrogens with zero attached hydrogens (tertiary/aromatic N) is 3. The van der Waals surface area contributed by atoms with Crippen LogP contribution in [0.4, 0.5) is 0 Å². The third kappa shape index (κ3) is 6.04. The van der Waals surface area contributed by atoms with Crippen molar-refractivity contribution >= 4 is 11.9 Å². The molecule has 1 fully saturated rings. The van der Waals surface area contributed by atoms with Crippen LogP contribution in [-0.4, -0.2) is 48.4 Å². The summed E-state index contributed by atoms with van der Waals surface area (Å²) in [6, 6.07) is 0. The predicted octanol–water partition coefficient (Wildman–Crippen LogP) is 2.29. The lowest BCUT2D eigenvalue weighted by Gasteiger charge is -2.31. The minimum atomic E-state index is -0.0580. The summed E-state index contributed by atoms with van der Waals surface area (Å²) >= 11 is 0. The second-order valence-corrected chi connectivity index (χ2v) is 8.06. The number of likely N-dealkylation sites (tertiary alicyclic amines) is 1. The van der Waals surface area contributed by atoms with E-state index in [1.807, 2.05) is 4.90 Å². The standard InChI is InChI=1S/C19H33N5O2/c1-14-7-6-10-24(13-14)17(25)8-9-21-18(20-5)23-12-16-22-11-15(26-16)19(2,3)4/h11,14H,6-10,12-13H2,1-5H3,(H2,20,21,23). The minimum absolute atomic E-state index is 0.0580. The van der Waals surface area contributed by atoms with Crippen molar-refractivity contribution in [3.05, 3.63) is 17.8 Å². The van der Waals surface area contributed by atoms with Gasteiger partial charge < -0.3 is 20.0 Å². The lowest BCUT2D eigenvalue weighted by atomic mass is 9.94. The van der Waals surface area contributed by atoms with Crippen LogP contribution in [0.5, 0.6) is 0 Å². The van der Waals surface area contributed by atoms with Crippen molar-refractivity contribution in [2.24, 2.45) is 10.9 Å². The first kappa shape index (κ1) is 20.3. The molecule has 7 heteroatoms. The van der Waals surface area contributed by atoms with E-state index in [0.717, 1.165) is 25.3 Å². The molecule has 1 aliphatic rings. The summed E-state index contributed by atoms with van der Waals surface area (Å²) in [5.74, 6) is 2.94. The van der Waals surface area contributed by atoms with Gasteiger partial charge in [0, 0.05) is 38.5 Å². The average molecular weight is 364 g/mol. The van der Waals surface area contributed by atoms with Crippen LogP contribution in [0, 0.1) is 5.92 Å². The van der Waals surface area contributed by atoms with E-state index < -0.39 is 0 Å². The van der Waals surface area contributed by atoms with Gasteiger partial charge in [0.05, 0.1) is 12.7 Å². The Labute approximate surface area is 156 Å². The van der Waals surface area contributed by atoms with Gasteiger partial charge >= 0.3 is 0 Å². The molecule has 0 radical (unpaired) electrons. The second kappa shape index (κ2) is 9.05. The van der Waals surface area contributed by atoms with Crippen molar-refractivity contribution in [3.8, 4) is 0 Å². The SMILES string of the molecule is CN=C(NCCC(=O)N1CCCC(C)C1)NCc1ncc(C(C)(C)C)o1. The molecule has 0 spiro atoms. The van der Waals surface area contributed by atoms with Gasteiger partial charge in [0.1, 0.15) is 5.76 Å². The molecule has 1 aromatic rings. The maximum absolute atomic E-state index is 12.3. The number of oxazole rings is 1. The number of aliphatic imine (C=N–C) groups is 1. The minimum Gasteiger partial charge on any atom is -0.443 e. The molecule has 1 aliphatic heterocycles. The molecular weight excluding hydrogens is 330 g/mol. The van der Waals surface area contributed by atoms with Gasteiger partial charge in [-0.15, -0.1) is 0 Å². The Hall–Kier alpha value is -2.05. The van der Waals surface area contributed by atoms with E-state index in [0.29, 0.717) is 37.3 Å². The lowest BCUT2D eigenvalue weighted by molar-refractivity contribution is -0.132. The molecule has 1 amide bonds. The number of piperidine rings is 1. The van der Waals surface area contributed by atoms with Gasteiger partial charge in [-0.05, 0) is 18.8 Å². The molecule has 146 valence electrons. The van der Waals surface area contributed by atoms with Crippen molar-refractivity contribution in [2.45, 2.75) is 58.9 Å². The highest BCUT2D eigenvalue weighted by Gasteiger charge is 2.21. The van der Waals surface area contributed by atoms with Gasteiger partial charge in [-0.2, -0.15) is 0 Å². The summed E-state index contributed by atoms with van der Waals surface area (Å²) in [5.41, 5.74) is -0.0580. The fourth-order valence-corrected chi connectivity index (χ4v) is 2.98. The molecule has 1 atom stereocenters. The Kier molecular flexibility index (Phi) is 7.06. The van der Waals surface area contributed by atoms with Crippen LogP contribution < -0.4 is 10.6 Å². The van der Waals surface area contributed by atoms with Crippen LogP contribution in [0.1, 0.15) is 58.6 Å². The molecule has 2 rings (SSSR count). The number of hydrogen-bond donors (Lipinski definition) is 2. The number of carbonyl (C=O) groups excluding carboxylic acids is 1. The first-order chi connectivity index (χ1) is 12.3. The summed E-state index contributed by atoms with van der Waals surface area (Å²) in [6.07, 6.45) is 4.57. The smallest absolute Gasteiger partial charge is 0.224 e. The second-order valence-electron chi connectivity index (χ2n) is 8.06. The van der Waals surface area contributed by atoms with Crippen molar-refractivity contribution in [2.75, 3.05) is 26.7 Å². The zero-order valence-corrected chi connectivity index (χ0v) is 16.8. The maximum Gasteiger partial charge on any atom is 0.224 e. The maximum atomic E-state index is 12.3. The zero-order chi connectivity index (χ0) is 19.2. The highest BCUT2D eigenvalue weighted by molar-refractivity contribution is 5.81. The predicted molar refractivity (Wildman–Crippen MR) is 103 cm³/mol. The first-order valence-electron chi connectivity index (χ1n) is 9.47. The largest absolute Gasteiger partial charge is 0.443 e. The summed E-state index contributed by atoms with van der Waals surface area (Å²) in [7, 11) is 1.71. The zero-order valence-electron chi connectivity index (χ0n) is 16.8. The van der Waals surface area contributed by atoms with Crippen molar-refractivity contribution in [3.63, 3.8) is 0 Å². The molecule has 0 bridgehead atoms. The molecule has 1 unspecified atom stereocenters. The summed E-state index contributed by atoms with van der Waals surface area (Å²) < 4.78 is 5.76. The number of carbonyl (C=O) groups is 1. The highest BCUT2D eigenvalue weighted by atomic mass is 16.4. The van der Waals surface area contributed by atoms with Crippen LogP contribution in [-0.2, 0) is 16.8 Å². The van der Waals surface area contributed by atoms with Gasteiger partial charge in [-0.25, -0.2) is 4.98 Å². The van der Waals surface area contributed by atoms with Crippen LogP contribution in [0.3, 0.4) is 0 Å². The first-order valence-corrected chi connectivity index (χ1v) is 9.47. The molecule has 26 heavy (non-hydrogen) atoms. The Morgan fingerprint density at radius 3 is 2.81 bits per heavy atom. The molecular formula is C19H33N5O2. The number of rotatable bonds is 5. The van der Waals surface area contributed by atoms with Crippen molar-refractivity contribution < 1.29 is 9.21 Å². The third-order valence-electron chi connectivity index (χ3n) is 4.56. The third-order valence-corrected chi connectivity index (χ3v) is 4.56. The number of aromatic nitrogens is 1. The molecule has 0 aliphatic carbocycles. The van der Waals surface area contributed by atoms with Gasteiger partial charge in [0.15, 0.2) is 5.96 Å². The van der Waals surface area contributed by atoms with E-state index in [2.05, 4.69) is 48.3 Å². The van der Waals surface area contributed by atoms with E-state index in [1.54, 1.807) is 13.2 Å². The summed E-state index contributed by atoms with van der Waals surface area (Å²) in [5, 5.41) is 6.35. The quantitative estimate of drug-likeness (QED) is 0.619. The monoisotopic (exact) mass is 363 g/mol. The molecule has 7 nitrogen and oxygen atoms in total. The highest BCUT2D eigenvalue weighted by Crippen LogP contribution is 2.22. The van der Waals surface area contributed by atoms with Crippen molar-refractivity contribution in [1.29, 1.82) is 0 Å². The number of hydrogen-bond acceptors (Lipinski definition) is 4. The van der Waals surface area contributed by atoms with E-state index in [9.17, 15) is 4.79 Å². The molecule has 0 aromatic carbocycles. The molecule has 0 saturated carbocycles. The fraction of sp³-hybridized carbons (Fsp3) is 0.737. The number of nitrogens with one attached hydrogen (secondary N) is 2. The Balaban J connectivity index is 1.72. The molecule has 2 N–H and O–H groups in total. The average Bonchev–Trinajstić information content (AvgIpc) is 3.07. The normalized spacial score (nSPS) is 18.7. The summed E-state index contributed by atoms with van der Waals surface area (Å²) in [6.45, 7) is 11.2. The number of amides is 1. The van der Waals surface area contributed by atoms with Gasteiger partial charge in [-0.3, -0.25) is 9.79 Å². The van der Waals surface area contributed by atoms with Crippen molar-refractivity contribution in [1.82, 2.24) is 20.5 Å². The van der Waals surface area contributed by atoms with Gasteiger partial charge in [0.2, 0.25) is 11.8 Å². The summed E-state index contributed by atoms with van der Waals surface area (Å²) in [4.78, 5) is 22.7. The Morgan fingerprint density at radius 1 is 1.42 bits per heavy atom. The molecule has 1 aromatic heterocycles. The topological polar surface area (TPSA) is 82.8 Å². The fourth-order valence-electron chi connectivity index (χ4n) is 2.98. The Bertz CT molecular complexity index is 618. The van der Waals surface area contributed by atoms with Gasteiger partial charge in [0.25, 0.3) is 0 Å². The van der Waals surface area contributed by atoms with Crippen LogP contribution in [0.15, 0.2) is 15.6 Å².